The highest BCUT2D eigenvalue weighted by Gasteiger charge is 2.13. The van der Waals surface area contributed by atoms with Crippen molar-refractivity contribution in [3.63, 3.8) is 0 Å². The number of nitrogens with one attached hydrogen (secondary N) is 2. The van der Waals surface area contributed by atoms with Gasteiger partial charge in [-0.3, -0.25) is 14.8 Å². The standard InChI is InChI=1S/C28H35N5O2/c34-28(29-13-4-14-32-17-19-35-20-18-32)24-7-5-22(6-8-24)26-21-27(31-30-26)23-9-11-25(12-10-23)33-15-2-1-3-16-33/h5-12,21H,1-4,13-20H2,(H,29,34)(H,30,31). The molecule has 1 aromatic heterocycles. The van der Waals surface area contributed by atoms with Crippen molar-refractivity contribution in [3.8, 4) is 22.5 Å². The van der Waals surface area contributed by atoms with Gasteiger partial charge in [-0.2, -0.15) is 5.10 Å². The van der Waals surface area contributed by atoms with E-state index >= 15 is 0 Å². The third-order valence-electron chi connectivity index (χ3n) is 6.96. The van der Waals surface area contributed by atoms with E-state index in [0.717, 1.165) is 74.9 Å². The van der Waals surface area contributed by atoms with Crippen LogP contribution < -0.4 is 10.2 Å². The number of amides is 1. The Balaban J connectivity index is 1.14. The molecule has 35 heavy (non-hydrogen) atoms. The van der Waals surface area contributed by atoms with E-state index in [9.17, 15) is 4.79 Å². The van der Waals surface area contributed by atoms with E-state index in [1.807, 2.05) is 24.3 Å². The van der Waals surface area contributed by atoms with Gasteiger partial charge >= 0.3 is 0 Å². The summed E-state index contributed by atoms with van der Waals surface area (Å²) >= 11 is 0. The lowest BCUT2D eigenvalue weighted by Crippen LogP contribution is -2.38. The number of nitrogens with zero attached hydrogens (tertiary/aromatic N) is 3. The van der Waals surface area contributed by atoms with Gasteiger partial charge in [0.2, 0.25) is 0 Å². The third-order valence-corrected chi connectivity index (χ3v) is 6.96. The zero-order valence-corrected chi connectivity index (χ0v) is 20.3. The number of H-pyrrole nitrogens is 1. The number of benzene rings is 2. The number of hydrogen-bond donors (Lipinski definition) is 2. The van der Waals surface area contributed by atoms with E-state index in [2.05, 4.69) is 55.6 Å². The predicted octanol–water partition coefficient (Wildman–Crippen LogP) is 4.19. The summed E-state index contributed by atoms with van der Waals surface area (Å²) in [7, 11) is 0. The second kappa shape index (κ2) is 11.5. The minimum atomic E-state index is -0.0300. The molecule has 1 amide bonds. The first-order valence-corrected chi connectivity index (χ1v) is 12.9. The number of aromatic nitrogens is 2. The number of carbonyl (C=O) groups excluding carboxylic acids is 1. The summed E-state index contributed by atoms with van der Waals surface area (Å²) < 4.78 is 5.37. The number of aromatic amines is 1. The van der Waals surface area contributed by atoms with Crippen molar-refractivity contribution in [2.24, 2.45) is 0 Å². The average Bonchev–Trinajstić information content (AvgIpc) is 3.43. The van der Waals surface area contributed by atoms with Crippen LogP contribution in [0.4, 0.5) is 5.69 Å². The van der Waals surface area contributed by atoms with Gasteiger partial charge in [0.05, 0.1) is 24.6 Å². The molecule has 0 unspecified atom stereocenters. The van der Waals surface area contributed by atoms with Gasteiger partial charge in [-0.25, -0.2) is 0 Å². The second-order valence-corrected chi connectivity index (χ2v) is 9.40. The molecule has 7 nitrogen and oxygen atoms in total. The summed E-state index contributed by atoms with van der Waals surface area (Å²) in [5, 5.41) is 10.7. The summed E-state index contributed by atoms with van der Waals surface area (Å²) in [4.78, 5) is 17.4. The molecule has 3 heterocycles. The molecule has 2 saturated heterocycles. The smallest absolute Gasteiger partial charge is 0.251 e. The van der Waals surface area contributed by atoms with Crippen molar-refractivity contribution >= 4 is 11.6 Å². The molecule has 0 atom stereocenters. The Morgan fingerprint density at radius 3 is 2.37 bits per heavy atom. The number of ether oxygens (including phenoxy) is 1. The normalized spacial score (nSPS) is 16.9. The quantitative estimate of drug-likeness (QED) is 0.480. The molecule has 7 heteroatoms. The van der Waals surface area contributed by atoms with Crippen molar-refractivity contribution in [3.05, 3.63) is 60.2 Å². The van der Waals surface area contributed by atoms with Gasteiger partial charge < -0.3 is 15.0 Å². The molecule has 5 rings (SSSR count). The lowest BCUT2D eigenvalue weighted by Gasteiger charge is -2.28. The molecule has 2 aliphatic rings. The first-order chi connectivity index (χ1) is 17.3. The Morgan fingerprint density at radius 2 is 1.63 bits per heavy atom. The summed E-state index contributed by atoms with van der Waals surface area (Å²) in [6.45, 7) is 7.54. The zero-order valence-electron chi connectivity index (χ0n) is 20.3. The molecular formula is C28H35N5O2. The molecule has 2 aliphatic heterocycles. The van der Waals surface area contributed by atoms with E-state index < -0.39 is 0 Å². The van der Waals surface area contributed by atoms with Crippen LogP contribution in [0.3, 0.4) is 0 Å². The van der Waals surface area contributed by atoms with E-state index in [4.69, 9.17) is 4.74 Å². The highest BCUT2D eigenvalue weighted by molar-refractivity contribution is 5.94. The minimum absolute atomic E-state index is 0.0300. The number of piperidine rings is 1. The summed E-state index contributed by atoms with van der Waals surface area (Å²) in [6, 6.07) is 18.5. The fourth-order valence-electron chi connectivity index (χ4n) is 4.85. The predicted molar refractivity (Wildman–Crippen MR) is 140 cm³/mol. The van der Waals surface area contributed by atoms with Gasteiger partial charge in [-0.15, -0.1) is 0 Å². The molecule has 2 aromatic carbocycles. The Kier molecular flexibility index (Phi) is 7.75. The summed E-state index contributed by atoms with van der Waals surface area (Å²) in [6.07, 6.45) is 4.84. The van der Waals surface area contributed by atoms with Crippen LogP contribution in [0.2, 0.25) is 0 Å². The molecule has 2 N–H and O–H groups in total. The van der Waals surface area contributed by atoms with Crippen LogP contribution in [0, 0.1) is 0 Å². The maximum atomic E-state index is 12.5. The van der Waals surface area contributed by atoms with Crippen LogP contribution >= 0.6 is 0 Å². The van der Waals surface area contributed by atoms with Gasteiger partial charge in [0, 0.05) is 49.5 Å². The van der Waals surface area contributed by atoms with Gasteiger partial charge in [0.25, 0.3) is 5.91 Å². The molecule has 0 bridgehead atoms. The highest BCUT2D eigenvalue weighted by Crippen LogP contribution is 2.27. The number of carbonyl (C=O) groups is 1. The average molecular weight is 474 g/mol. The lowest BCUT2D eigenvalue weighted by atomic mass is 10.1. The van der Waals surface area contributed by atoms with Crippen LogP contribution in [0.15, 0.2) is 54.6 Å². The molecule has 0 aliphatic carbocycles. The Morgan fingerprint density at radius 1 is 0.914 bits per heavy atom. The lowest BCUT2D eigenvalue weighted by molar-refractivity contribution is 0.0374. The molecule has 184 valence electrons. The van der Waals surface area contributed by atoms with Crippen LogP contribution in [0.1, 0.15) is 36.0 Å². The van der Waals surface area contributed by atoms with Crippen LogP contribution in [0.5, 0.6) is 0 Å². The monoisotopic (exact) mass is 473 g/mol. The fraction of sp³-hybridized carbons (Fsp3) is 0.429. The molecule has 0 saturated carbocycles. The topological polar surface area (TPSA) is 73.5 Å². The van der Waals surface area contributed by atoms with Crippen molar-refractivity contribution in [2.45, 2.75) is 25.7 Å². The van der Waals surface area contributed by atoms with Crippen molar-refractivity contribution < 1.29 is 9.53 Å². The molecular weight excluding hydrogens is 438 g/mol. The zero-order chi connectivity index (χ0) is 23.9. The van der Waals surface area contributed by atoms with Crippen LogP contribution in [0.25, 0.3) is 22.5 Å². The first-order valence-electron chi connectivity index (χ1n) is 12.9. The summed E-state index contributed by atoms with van der Waals surface area (Å²) in [5.41, 5.74) is 5.94. The maximum Gasteiger partial charge on any atom is 0.251 e. The van der Waals surface area contributed by atoms with E-state index in [0.29, 0.717) is 12.1 Å². The number of morpholine rings is 1. The highest BCUT2D eigenvalue weighted by atomic mass is 16.5. The molecule has 0 radical (unpaired) electrons. The molecule has 0 spiro atoms. The number of anilines is 1. The largest absolute Gasteiger partial charge is 0.379 e. The van der Waals surface area contributed by atoms with E-state index in [1.165, 1.54) is 24.9 Å². The van der Waals surface area contributed by atoms with E-state index in [1.54, 1.807) is 0 Å². The van der Waals surface area contributed by atoms with Gasteiger partial charge in [0.1, 0.15) is 0 Å². The number of rotatable bonds is 8. The molecule has 3 aromatic rings. The SMILES string of the molecule is O=C(NCCCN1CCOCC1)c1ccc(-c2cc(-c3ccc(N4CCCCC4)cc3)n[nH]2)cc1. The fourth-order valence-corrected chi connectivity index (χ4v) is 4.85. The van der Waals surface area contributed by atoms with Gasteiger partial charge in [0.15, 0.2) is 0 Å². The van der Waals surface area contributed by atoms with Gasteiger partial charge in [-0.05, 0) is 68.1 Å². The Hall–Kier alpha value is -3.16. The van der Waals surface area contributed by atoms with E-state index in [-0.39, 0.29) is 5.91 Å². The third kappa shape index (κ3) is 6.10. The van der Waals surface area contributed by atoms with Crippen LogP contribution in [-0.2, 0) is 4.74 Å². The first kappa shape index (κ1) is 23.6. The van der Waals surface area contributed by atoms with Crippen molar-refractivity contribution in [1.29, 1.82) is 0 Å². The molecule has 2 fully saturated rings. The number of hydrogen-bond acceptors (Lipinski definition) is 5. The van der Waals surface area contributed by atoms with Gasteiger partial charge in [-0.1, -0.05) is 24.3 Å². The Labute approximate surface area is 207 Å². The second-order valence-electron chi connectivity index (χ2n) is 9.40. The summed E-state index contributed by atoms with van der Waals surface area (Å²) in [5.74, 6) is -0.0300. The van der Waals surface area contributed by atoms with Crippen LogP contribution in [-0.4, -0.2) is 73.5 Å². The minimum Gasteiger partial charge on any atom is -0.379 e. The Bertz CT molecular complexity index is 1080. The van der Waals surface area contributed by atoms with Crippen molar-refractivity contribution in [2.75, 3.05) is 57.4 Å². The van der Waals surface area contributed by atoms with Crippen molar-refractivity contribution in [1.82, 2.24) is 20.4 Å². The maximum absolute atomic E-state index is 12.5.